The number of imidazole rings is 1. The molecule has 0 unspecified atom stereocenters. The maximum atomic E-state index is 12.6. The summed E-state index contributed by atoms with van der Waals surface area (Å²) in [6.07, 6.45) is 4.02. The van der Waals surface area contributed by atoms with Crippen molar-refractivity contribution >= 4 is 34.7 Å². The minimum atomic E-state index is -0.0449. The number of fused-ring (bicyclic) bond motifs is 1. The van der Waals surface area contributed by atoms with E-state index in [4.69, 9.17) is 0 Å². The molecule has 0 saturated heterocycles. The Kier molecular flexibility index (Phi) is 5.04. The van der Waals surface area contributed by atoms with Crippen LogP contribution in [0.25, 0.3) is 5.65 Å². The zero-order chi connectivity index (χ0) is 17.8. The van der Waals surface area contributed by atoms with Gasteiger partial charge in [-0.1, -0.05) is 24.3 Å². The van der Waals surface area contributed by atoms with Crippen LogP contribution >= 0.6 is 23.1 Å². The molecule has 0 spiro atoms. The molecule has 130 valence electrons. The van der Waals surface area contributed by atoms with Crippen molar-refractivity contribution in [3.8, 4) is 0 Å². The van der Waals surface area contributed by atoms with Crippen molar-refractivity contribution in [1.29, 1.82) is 0 Å². The lowest BCUT2D eigenvalue weighted by molar-refractivity contribution is 0.0948. The molecule has 4 aromatic rings. The van der Waals surface area contributed by atoms with Gasteiger partial charge in [0.15, 0.2) is 0 Å². The Hall–Kier alpha value is -2.57. The normalized spacial score (nSPS) is 10.9. The van der Waals surface area contributed by atoms with E-state index in [0.29, 0.717) is 12.1 Å². The zero-order valence-electron chi connectivity index (χ0n) is 14.0. The van der Waals surface area contributed by atoms with Gasteiger partial charge in [0.1, 0.15) is 5.65 Å². The number of nitrogens with zero attached hydrogens (tertiary/aromatic N) is 2. The van der Waals surface area contributed by atoms with Crippen LogP contribution in [0.5, 0.6) is 0 Å². The first-order chi connectivity index (χ1) is 12.8. The average molecular weight is 380 g/mol. The first-order valence-corrected chi connectivity index (χ1v) is 10.1. The van der Waals surface area contributed by atoms with Crippen LogP contribution in [0.4, 0.5) is 0 Å². The summed E-state index contributed by atoms with van der Waals surface area (Å²) in [6, 6.07) is 17.7. The monoisotopic (exact) mass is 379 g/mol. The third-order valence-electron chi connectivity index (χ3n) is 3.92. The largest absolute Gasteiger partial charge is 0.347 e. The van der Waals surface area contributed by atoms with Crippen molar-refractivity contribution in [2.24, 2.45) is 0 Å². The van der Waals surface area contributed by atoms with Crippen LogP contribution in [0.3, 0.4) is 0 Å². The molecule has 0 saturated carbocycles. The summed E-state index contributed by atoms with van der Waals surface area (Å²) in [4.78, 5) is 19.3. The fourth-order valence-electron chi connectivity index (χ4n) is 2.66. The van der Waals surface area contributed by atoms with Crippen LogP contribution < -0.4 is 5.32 Å². The first kappa shape index (κ1) is 16.9. The highest BCUT2D eigenvalue weighted by Gasteiger charge is 2.12. The highest BCUT2D eigenvalue weighted by molar-refractivity contribution is 7.98. The molecule has 1 aromatic carbocycles. The number of hydrogen-bond donors (Lipinski definition) is 1. The van der Waals surface area contributed by atoms with Crippen molar-refractivity contribution in [2.75, 3.05) is 0 Å². The molecule has 1 N–H and O–H groups in total. The van der Waals surface area contributed by atoms with Crippen molar-refractivity contribution in [3.63, 3.8) is 0 Å². The number of benzene rings is 1. The van der Waals surface area contributed by atoms with Crippen LogP contribution in [0, 0.1) is 0 Å². The molecule has 0 aliphatic heterocycles. The molecule has 4 rings (SSSR count). The molecule has 0 atom stereocenters. The highest BCUT2D eigenvalue weighted by atomic mass is 32.2. The smallest absolute Gasteiger partial charge is 0.252 e. The number of thiophene rings is 1. The fraction of sp³-hybridized carbons (Fsp3) is 0.100. The maximum Gasteiger partial charge on any atom is 0.252 e. The number of nitrogens with one attached hydrogen (secondary N) is 1. The molecule has 0 bridgehead atoms. The van der Waals surface area contributed by atoms with Gasteiger partial charge in [0.2, 0.25) is 0 Å². The Morgan fingerprint density at radius 3 is 2.85 bits per heavy atom. The van der Waals surface area contributed by atoms with Crippen LogP contribution in [0.15, 0.2) is 77.3 Å². The molecule has 26 heavy (non-hydrogen) atoms. The quantitative estimate of drug-likeness (QED) is 0.497. The number of carbonyl (C=O) groups is 1. The Balaban J connectivity index is 1.45. The summed E-state index contributed by atoms with van der Waals surface area (Å²) in [6.45, 7) is 0.557. The van der Waals surface area contributed by atoms with E-state index in [0.717, 1.165) is 26.9 Å². The maximum absolute atomic E-state index is 12.6. The zero-order valence-corrected chi connectivity index (χ0v) is 15.6. The molecule has 0 aliphatic rings. The van der Waals surface area contributed by atoms with Crippen LogP contribution in [-0.2, 0) is 12.3 Å². The SMILES string of the molecule is O=C(NCc1cccs1)c1ccccc1SCc1cn2ccccc2n1. The van der Waals surface area contributed by atoms with Gasteiger partial charge in [-0.3, -0.25) is 4.79 Å². The molecular formula is C20H17N3OS2. The van der Waals surface area contributed by atoms with Gasteiger partial charge >= 0.3 is 0 Å². The molecule has 3 aromatic heterocycles. The number of amides is 1. The van der Waals surface area contributed by atoms with Gasteiger partial charge in [-0.2, -0.15) is 0 Å². The van der Waals surface area contributed by atoms with Crippen molar-refractivity contribution < 1.29 is 4.79 Å². The van der Waals surface area contributed by atoms with E-state index >= 15 is 0 Å². The molecule has 0 radical (unpaired) electrons. The molecule has 4 nitrogen and oxygen atoms in total. The molecule has 0 fully saturated rings. The molecular weight excluding hydrogens is 362 g/mol. The first-order valence-electron chi connectivity index (χ1n) is 8.24. The Labute approximate surface area is 159 Å². The summed E-state index contributed by atoms with van der Waals surface area (Å²) in [5.74, 6) is 0.674. The highest BCUT2D eigenvalue weighted by Crippen LogP contribution is 2.26. The summed E-state index contributed by atoms with van der Waals surface area (Å²) >= 11 is 3.28. The van der Waals surface area contributed by atoms with Crippen LogP contribution in [0.2, 0.25) is 0 Å². The van der Waals surface area contributed by atoms with E-state index in [2.05, 4.69) is 10.3 Å². The van der Waals surface area contributed by atoms with Crippen molar-refractivity contribution in [2.45, 2.75) is 17.2 Å². The second kappa shape index (κ2) is 7.76. The Bertz CT molecular complexity index is 991. The van der Waals surface area contributed by atoms with E-state index in [1.165, 1.54) is 0 Å². The number of hydrogen-bond acceptors (Lipinski definition) is 4. The van der Waals surface area contributed by atoms with Gasteiger partial charge < -0.3 is 9.72 Å². The molecule has 0 aliphatic carbocycles. The minimum Gasteiger partial charge on any atom is -0.347 e. The van der Waals surface area contributed by atoms with Gasteiger partial charge in [0.25, 0.3) is 5.91 Å². The van der Waals surface area contributed by atoms with Gasteiger partial charge in [0.05, 0.1) is 17.8 Å². The number of aromatic nitrogens is 2. The van der Waals surface area contributed by atoms with Crippen LogP contribution in [0.1, 0.15) is 20.9 Å². The predicted octanol–water partition coefficient (Wildman–Crippen LogP) is 4.62. The van der Waals surface area contributed by atoms with Gasteiger partial charge in [-0.15, -0.1) is 23.1 Å². The average Bonchev–Trinajstić information content (AvgIpc) is 3.33. The third kappa shape index (κ3) is 3.81. The summed E-state index contributed by atoms with van der Waals surface area (Å²) in [5.41, 5.74) is 2.64. The standard InChI is InChI=1S/C20H17N3OS2/c24-20(21-12-16-6-5-11-25-16)17-7-1-2-8-18(17)26-14-15-13-23-10-4-3-9-19(23)22-15/h1-11,13H,12,14H2,(H,21,24). The Morgan fingerprint density at radius 1 is 1.12 bits per heavy atom. The van der Waals surface area contributed by atoms with E-state index in [1.807, 2.05) is 76.8 Å². The van der Waals surface area contributed by atoms with E-state index in [-0.39, 0.29) is 5.91 Å². The second-order valence-corrected chi connectivity index (χ2v) is 7.79. The van der Waals surface area contributed by atoms with E-state index < -0.39 is 0 Å². The van der Waals surface area contributed by atoms with E-state index in [9.17, 15) is 4.79 Å². The lowest BCUT2D eigenvalue weighted by Gasteiger charge is -2.09. The topological polar surface area (TPSA) is 46.4 Å². The fourth-order valence-corrected chi connectivity index (χ4v) is 4.24. The van der Waals surface area contributed by atoms with Crippen molar-refractivity contribution in [1.82, 2.24) is 14.7 Å². The number of rotatable bonds is 6. The molecule has 3 heterocycles. The summed E-state index contributed by atoms with van der Waals surface area (Å²) in [5, 5.41) is 5.01. The summed E-state index contributed by atoms with van der Waals surface area (Å²) < 4.78 is 2.01. The Morgan fingerprint density at radius 2 is 2.00 bits per heavy atom. The number of pyridine rings is 1. The van der Waals surface area contributed by atoms with Gasteiger partial charge in [-0.05, 0) is 35.7 Å². The van der Waals surface area contributed by atoms with Crippen LogP contribution in [-0.4, -0.2) is 15.3 Å². The minimum absolute atomic E-state index is 0.0449. The number of carbonyl (C=O) groups excluding carboxylic acids is 1. The molecule has 6 heteroatoms. The third-order valence-corrected chi connectivity index (χ3v) is 5.91. The summed E-state index contributed by atoms with van der Waals surface area (Å²) in [7, 11) is 0. The second-order valence-electron chi connectivity index (χ2n) is 5.75. The predicted molar refractivity (Wildman–Crippen MR) is 107 cm³/mol. The molecule has 1 amide bonds. The van der Waals surface area contributed by atoms with Gasteiger partial charge in [-0.25, -0.2) is 4.98 Å². The van der Waals surface area contributed by atoms with E-state index in [1.54, 1.807) is 23.1 Å². The lowest BCUT2D eigenvalue weighted by atomic mass is 10.2. The number of thioether (sulfide) groups is 1. The lowest BCUT2D eigenvalue weighted by Crippen LogP contribution is -2.22. The van der Waals surface area contributed by atoms with Crippen molar-refractivity contribution in [3.05, 3.63) is 88.5 Å². The van der Waals surface area contributed by atoms with Gasteiger partial charge in [0, 0.05) is 27.9 Å².